The molecule has 0 saturated heterocycles. The Kier molecular flexibility index (Phi) is 4.94. The Bertz CT molecular complexity index is 1090. The van der Waals surface area contributed by atoms with Gasteiger partial charge in [-0.2, -0.15) is 5.10 Å². The molecule has 1 aromatic heterocycles. The molecule has 0 aliphatic heterocycles. The molecule has 1 N–H and O–H groups in total. The Labute approximate surface area is 152 Å². The lowest BCUT2D eigenvalue weighted by atomic mass is 10.2. The van der Waals surface area contributed by atoms with Crippen molar-refractivity contribution >= 4 is 19.9 Å². The molecule has 0 amide bonds. The van der Waals surface area contributed by atoms with Crippen molar-refractivity contribution in [3.8, 4) is 5.69 Å². The van der Waals surface area contributed by atoms with Gasteiger partial charge in [0.1, 0.15) is 0 Å². The van der Waals surface area contributed by atoms with Crippen molar-refractivity contribution in [1.29, 1.82) is 0 Å². The van der Waals surface area contributed by atoms with Gasteiger partial charge in [-0.25, -0.2) is 26.2 Å². The maximum atomic E-state index is 12.3. The Hall–Kier alpha value is -2.49. The summed E-state index contributed by atoms with van der Waals surface area (Å²) in [6.07, 6.45) is 4.57. The van der Waals surface area contributed by atoms with Gasteiger partial charge in [-0.1, -0.05) is 12.1 Å². The second kappa shape index (κ2) is 7.02. The van der Waals surface area contributed by atoms with Gasteiger partial charge in [0.05, 0.1) is 15.5 Å². The zero-order valence-corrected chi connectivity index (χ0v) is 15.5. The minimum absolute atomic E-state index is 0.0121. The lowest BCUT2D eigenvalue weighted by Gasteiger charge is -2.08. The Balaban J connectivity index is 1.70. The van der Waals surface area contributed by atoms with Crippen LogP contribution in [0.5, 0.6) is 0 Å². The first kappa shape index (κ1) is 18.3. The van der Waals surface area contributed by atoms with Crippen LogP contribution in [0.15, 0.2) is 76.8 Å². The summed E-state index contributed by atoms with van der Waals surface area (Å²) in [6.45, 7) is 0.121. The third-order valence-electron chi connectivity index (χ3n) is 3.73. The molecular weight excluding hydrogens is 374 g/mol. The molecule has 26 heavy (non-hydrogen) atoms. The molecule has 0 atom stereocenters. The summed E-state index contributed by atoms with van der Waals surface area (Å²) in [5.74, 6) is 0. The first-order chi connectivity index (χ1) is 12.3. The van der Waals surface area contributed by atoms with E-state index in [0.717, 1.165) is 17.5 Å². The minimum Gasteiger partial charge on any atom is -0.241 e. The maximum absolute atomic E-state index is 12.3. The lowest BCUT2D eigenvalue weighted by molar-refractivity contribution is 0.580. The molecule has 3 rings (SSSR count). The molecule has 0 bridgehead atoms. The molecule has 0 fully saturated rings. The molecule has 3 aromatic rings. The van der Waals surface area contributed by atoms with Crippen molar-refractivity contribution in [3.63, 3.8) is 0 Å². The van der Waals surface area contributed by atoms with Crippen LogP contribution in [0.25, 0.3) is 5.69 Å². The van der Waals surface area contributed by atoms with Crippen LogP contribution >= 0.6 is 0 Å². The molecule has 136 valence electrons. The van der Waals surface area contributed by atoms with Gasteiger partial charge in [-0.3, -0.25) is 0 Å². The molecule has 7 nitrogen and oxygen atoms in total. The fourth-order valence-corrected chi connectivity index (χ4v) is 3.96. The van der Waals surface area contributed by atoms with Gasteiger partial charge in [0, 0.05) is 25.2 Å². The summed E-state index contributed by atoms with van der Waals surface area (Å²) in [5.41, 5.74) is 1.66. The van der Waals surface area contributed by atoms with E-state index in [0.29, 0.717) is 0 Å². The Morgan fingerprint density at radius 2 is 1.54 bits per heavy atom. The number of nitrogens with one attached hydrogen (secondary N) is 1. The molecule has 0 spiro atoms. The van der Waals surface area contributed by atoms with Gasteiger partial charge in [0.15, 0.2) is 9.84 Å². The SMILES string of the molecule is CS(=O)(=O)c1ccc(S(=O)(=O)NCc2ccc(-n3cccn3)cc2)cc1. The topological polar surface area (TPSA) is 98.1 Å². The van der Waals surface area contributed by atoms with Gasteiger partial charge < -0.3 is 0 Å². The van der Waals surface area contributed by atoms with Gasteiger partial charge >= 0.3 is 0 Å². The first-order valence-corrected chi connectivity index (χ1v) is 11.0. The van der Waals surface area contributed by atoms with Gasteiger partial charge in [-0.05, 0) is 48.0 Å². The fourth-order valence-electron chi connectivity index (χ4n) is 2.32. The summed E-state index contributed by atoms with van der Waals surface area (Å²) in [7, 11) is -7.10. The molecule has 0 aliphatic rings. The summed E-state index contributed by atoms with van der Waals surface area (Å²) < 4.78 is 51.8. The van der Waals surface area contributed by atoms with Crippen molar-refractivity contribution in [2.45, 2.75) is 16.3 Å². The highest BCUT2D eigenvalue weighted by molar-refractivity contribution is 7.90. The molecule has 0 unspecified atom stereocenters. The lowest BCUT2D eigenvalue weighted by Crippen LogP contribution is -2.23. The van der Waals surface area contributed by atoms with E-state index in [1.54, 1.807) is 10.9 Å². The van der Waals surface area contributed by atoms with E-state index in [2.05, 4.69) is 9.82 Å². The zero-order valence-electron chi connectivity index (χ0n) is 13.9. The largest absolute Gasteiger partial charge is 0.241 e. The van der Waals surface area contributed by atoms with Crippen LogP contribution in [0.1, 0.15) is 5.56 Å². The quantitative estimate of drug-likeness (QED) is 0.690. The normalized spacial score (nSPS) is 12.2. The number of nitrogens with zero attached hydrogens (tertiary/aromatic N) is 2. The van der Waals surface area contributed by atoms with Gasteiger partial charge in [0.2, 0.25) is 10.0 Å². The standard InChI is InChI=1S/C17H17N3O4S2/c1-25(21,22)16-7-9-17(10-8-16)26(23,24)19-13-14-3-5-15(6-4-14)20-12-2-11-18-20/h2-12,19H,13H2,1H3. The second-order valence-electron chi connectivity index (χ2n) is 5.69. The zero-order chi connectivity index (χ0) is 18.8. The van der Waals surface area contributed by atoms with Crippen LogP contribution in [-0.4, -0.2) is 32.9 Å². The molecule has 0 aliphatic carbocycles. The molecule has 9 heteroatoms. The number of sulfone groups is 1. The predicted molar refractivity (Wildman–Crippen MR) is 97.1 cm³/mol. The summed E-state index contributed by atoms with van der Waals surface area (Å²) >= 11 is 0. The smallest absolute Gasteiger partial charge is 0.240 e. The summed E-state index contributed by atoms with van der Waals surface area (Å²) in [4.78, 5) is 0.0868. The minimum atomic E-state index is -3.74. The van der Waals surface area contributed by atoms with Crippen molar-refractivity contribution in [2.75, 3.05) is 6.26 Å². The second-order valence-corrected chi connectivity index (χ2v) is 9.47. The van der Waals surface area contributed by atoms with Crippen molar-refractivity contribution in [3.05, 3.63) is 72.6 Å². The number of hydrogen-bond acceptors (Lipinski definition) is 5. The molecule has 0 saturated carbocycles. The molecule has 2 aromatic carbocycles. The van der Waals surface area contributed by atoms with Crippen molar-refractivity contribution in [1.82, 2.24) is 14.5 Å². The van der Waals surface area contributed by atoms with Crippen molar-refractivity contribution in [2.24, 2.45) is 0 Å². The van der Waals surface area contributed by atoms with Crippen LogP contribution in [0.4, 0.5) is 0 Å². The summed E-state index contributed by atoms with van der Waals surface area (Å²) in [6, 6.07) is 14.2. The number of benzene rings is 2. The van der Waals surface area contributed by atoms with Crippen LogP contribution < -0.4 is 4.72 Å². The van der Waals surface area contributed by atoms with Gasteiger partial charge in [-0.15, -0.1) is 0 Å². The first-order valence-electron chi connectivity index (χ1n) is 7.64. The van der Waals surface area contributed by atoms with E-state index in [1.165, 1.54) is 24.3 Å². The maximum Gasteiger partial charge on any atom is 0.240 e. The highest BCUT2D eigenvalue weighted by Crippen LogP contribution is 2.15. The van der Waals surface area contributed by atoms with Crippen LogP contribution in [0.2, 0.25) is 0 Å². The van der Waals surface area contributed by atoms with Crippen molar-refractivity contribution < 1.29 is 16.8 Å². The highest BCUT2D eigenvalue weighted by atomic mass is 32.2. The average Bonchev–Trinajstić information content (AvgIpc) is 3.14. The third-order valence-corrected chi connectivity index (χ3v) is 6.28. The van der Waals surface area contributed by atoms with E-state index in [1.807, 2.05) is 36.5 Å². The molecule has 0 radical (unpaired) electrons. The molecular formula is C17H17N3O4S2. The van der Waals surface area contributed by atoms with Gasteiger partial charge in [0.25, 0.3) is 0 Å². The van der Waals surface area contributed by atoms with Crippen LogP contribution in [-0.2, 0) is 26.4 Å². The third kappa shape index (κ3) is 4.18. The van der Waals surface area contributed by atoms with E-state index >= 15 is 0 Å². The van der Waals surface area contributed by atoms with E-state index in [9.17, 15) is 16.8 Å². The Morgan fingerprint density at radius 1 is 0.923 bits per heavy atom. The average molecular weight is 391 g/mol. The van der Waals surface area contributed by atoms with E-state index < -0.39 is 19.9 Å². The summed E-state index contributed by atoms with van der Waals surface area (Å²) in [5, 5.41) is 4.13. The van der Waals surface area contributed by atoms with Crippen LogP contribution in [0, 0.1) is 0 Å². The van der Waals surface area contributed by atoms with E-state index in [4.69, 9.17) is 0 Å². The van der Waals surface area contributed by atoms with E-state index in [-0.39, 0.29) is 16.3 Å². The van der Waals surface area contributed by atoms with Crippen LogP contribution in [0.3, 0.4) is 0 Å². The highest BCUT2D eigenvalue weighted by Gasteiger charge is 2.15. The Morgan fingerprint density at radius 3 is 2.08 bits per heavy atom. The predicted octanol–water partition coefficient (Wildman–Crippen LogP) is 1.75. The number of aromatic nitrogens is 2. The molecule has 1 heterocycles. The fraction of sp³-hybridized carbons (Fsp3) is 0.118. The monoisotopic (exact) mass is 391 g/mol. The number of hydrogen-bond donors (Lipinski definition) is 1. The number of rotatable bonds is 6. The number of sulfonamides is 1.